The summed E-state index contributed by atoms with van der Waals surface area (Å²) in [5.41, 5.74) is 0.296. The Morgan fingerprint density at radius 2 is 1.61 bits per heavy atom. The molecule has 0 aromatic heterocycles. The van der Waals surface area contributed by atoms with Gasteiger partial charge in [0.1, 0.15) is 17.4 Å². The number of aromatic carboxylic acids is 1. The number of nitriles is 1. The van der Waals surface area contributed by atoms with E-state index >= 15 is 0 Å². The summed E-state index contributed by atoms with van der Waals surface area (Å²) >= 11 is 3.35. The van der Waals surface area contributed by atoms with E-state index in [1.54, 1.807) is 36.4 Å². The largest absolute Gasteiger partial charge is 0.478 e. The van der Waals surface area contributed by atoms with Gasteiger partial charge in [0.25, 0.3) is 5.91 Å². The zero-order valence-electron chi connectivity index (χ0n) is 18.6. The topological polar surface area (TPSA) is 116 Å². The second-order valence-electron chi connectivity index (χ2n) is 7.57. The van der Waals surface area contributed by atoms with E-state index in [0.717, 1.165) is 10.8 Å². The highest BCUT2D eigenvalue weighted by Crippen LogP contribution is 2.28. The van der Waals surface area contributed by atoms with Gasteiger partial charge in [-0.2, -0.15) is 5.26 Å². The number of fused-ring (bicyclic) bond motifs is 1. The molecule has 176 valence electrons. The Morgan fingerprint density at radius 3 is 2.39 bits per heavy atom. The number of carboxylic acids is 1. The third-order valence-electron chi connectivity index (χ3n) is 5.25. The lowest BCUT2D eigenvalue weighted by atomic mass is 10.0. The minimum Gasteiger partial charge on any atom is -0.478 e. The van der Waals surface area contributed by atoms with Gasteiger partial charge in [-0.1, -0.05) is 64.5 Å². The predicted molar refractivity (Wildman–Crippen MR) is 139 cm³/mol. The number of carboxylic acid groups (broad SMARTS) is 1. The monoisotopic (exact) mass is 540 g/mol. The average molecular weight is 541 g/mol. The molecule has 0 fully saturated rings. The van der Waals surface area contributed by atoms with Crippen molar-refractivity contribution >= 4 is 56.3 Å². The first-order valence-electron chi connectivity index (χ1n) is 10.6. The highest BCUT2D eigenvalue weighted by molar-refractivity contribution is 9.10. The predicted octanol–water partition coefficient (Wildman–Crippen LogP) is 6.07. The summed E-state index contributed by atoms with van der Waals surface area (Å²) in [4.78, 5) is 37.3. The number of halogens is 1. The number of esters is 1. The summed E-state index contributed by atoms with van der Waals surface area (Å²) < 4.78 is 6.30. The molecule has 8 heteroatoms. The van der Waals surface area contributed by atoms with Gasteiger partial charge in [-0.05, 0) is 53.2 Å². The fraction of sp³-hybridized carbons (Fsp3) is 0. The summed E-state index contributed by atoms with van der Waals surface area (Å²) in [7, 11) is 0. The number of rotatable bonds is 6. The number of nitrogens with zero attached hydrogens (tertiary/aromatic N) is 1. The van der Waals surface area contributed by atoms with Crippen molar-refractivity contribution in [3.63, 3.8) is 0 Å². The molecule has 0 radical (unpaired) electrons. The maximum Gasteiger partial charge on any atom is 0.344 e. The molecule has 0 heterocycles. The summed E-state index contributed by atoms with van der Waals surface area (Å²) in [6, 6.07) is 25.2. The SMILES string of the molecule is N#C/C(=C\c1cc(Br)ccc1OC(=O)c1cccc2ccccc12)C(=O)Nc1ccccc1C(=O)O. The van der Waals surface area contributed by atoms with Gasteiger partial charge in [0, 0.05) is 10.0 Å². The minimum absolute atomic E-state index is 0.0491. The third kappa shape index (κ3) is 5.32. The zero-order valence-corrected chi connectivity index (χ0v) is 20.2. The van der Waals surface area contributed by atoms with Crippen LogP contribution in [-0.2, 0) is 4.79 Å². The van der Waals surface area contributed by atoms with Gasteiger partial charge in [0.15, 0.2) is 0 Å². The second-order valence-corrected chi connectivity index (χ2v) is 8.49. The molecule has 4 aromatic rings. The summed E-state index contributed by atoms with van der Waals surface area (Å²) in [5.74, 6) is -2.48. The van der Waals surface area contributed by atoms with E-state index in [2.05, 4.69) is 21.2 Å². The van der Waals surface area contributed by atoms with Gasteiger partial charge < -0.3 is 15.2 Å². The molecule has 1 amide bonds. The van der Waals surface area contributed by atoms with E-state index in [-0.39, 0.29) is 22.6 Å². The molecule has 0 atom stereocenters. The molecule has 7 nitrogen and oxygen atoms in total. The highest BCUT2D eigenvalue weighted by atomic mass is 79.9. The lowest BCUT2D eigenvalue weighted by molar-refractivity contribution is -0.112. The number of ether oxygens (including phenoxy) is 1. The number of carbonyl (C=O) groups excluding carboxylic acids is 2. The molecule has 0 unspecified atom stereocenters. The number of hydrogen-bond acceptors (Lipinski definition) is 5. The van der Waals surface area contributed by atoms with Crippen LogP contribution < -0.4 is 10.1 Å². The van der Waals surface area contributed by atoms with Gasteiger partial charge in [-0.15, -0.1) is 0 Å². The van der Waals surface area contributed by atoms with Crippen molar-refractivity contribution in [2.75, 3.05) is 5.32 Å². The van der Waals surface area contributed by atoms with E-state index < -0.39 is 17.8 Å². The Labute approximate surface area is 214 Å². The number of anilines is 1. The van der Waals surface area contributed by atoms with Crippen LogP contribution >= 0.6 is 15.9 Å². The van der Waals surface area contributed by atoms with Crippen molar-refractivity contribution in [1.82, 2.24) is 0 Å². The standard InChI is InChI=1S/C28H17BrN2O5/c29-20-12-13-25(36-28(35)22-10-5-7-17-6-1-2-8-21(17)22)18(15-20)14-19(16-30)26(32)31-24-11-4-3-9-23(24)27(33)34/h1-15H,(H,31,32)(H,33,34)/b19-14+. The van der Waals surface area contributed by atoms with Crippen LogP contribution in [0.3, 0.4) is 0 Å². The molecule has 36 heavy (non-hydrogen) atoms. The Morgan fingerprint density at radius 1 is 0.917 bits per heavy atom. The van der Waals surface area contributed by atoms with Gasteiger partial charge in [0.05, 0.1) is 16.8 Å². The van der Waals surface area contributed by atoms with E-state index in [1.807, 2.05) is 36.4 Å². The first-order valence-corrected chi connectivity index (χ1v) is 11.4. The Hall–Kier alpha value is -4.74. The lowest BCUT2D eigenvalue weighted by Crippen LogP contribution is -2.16. The molecule has 2 N–H and O–H groups in total. The third-order valence-corrected chi connectivity index (χ3v) is 5.75. The van der Waals surface area contributed by atoms with Gasteiger partial charge in [-0.25, -0.2) is 9.59 Å². The van der Waals surface area contributed by atoms with E-state index in [1.165, 1.54) is 24.3 Å². The molecule has 0 saturated heterocycles. The Balaban J connectivity index is 1.66. The van der Waals surface area contributed by atoms with Crippen LogP contribution in [0.1, 0.15) is 26.3 Å². The van der Waals surface area contributed by atoms with Crippen molar-refractivity contribution in [1.29, 1.82) is 5.26 Å². The molecule has 0 aliphatic carbocycles. The van der Waals surface area contributed by atoms with Crippen molar-refractivity contribution in [3.05, 3.63) is 112 Å². The maximum atomic E-state index is 13.0. The van der Waals surface area contributed by atoms with Crippen LogP contribution in [0, 0.1) is 11.3 Å². The summed E-state index contributed by atoms with van der Waals surface area (Å²) in [6.07, 6.45) is 1.27. The highest BCUT2D eigenvalue weighted by Gasteiger charge is 2.18. The molecule has 4 aromatic carbocycles. The molecule has 0 aliphatic rings. The second kappa shape index (κ2) is 10.7. The van der Waals surface area contributed by atoms with Crippen LogP contribution in [0.25, 0.3) is 16.8 Å². The fourth-order valence-corrected chi connectivity index (χ4v) is 3.93. The van der Waals surface area contributed by atoms with E-state index in [0.29, 0.717) is 15.6 Å². The van der Waals surface area contributed by atoms with Gasteiger partial charge in [0.2, 0.25) is 0 Å². The first-order chi connectivity index (χ1) is 17.4. The number of amides is 1. The van der Waals surface area contributed by atoms with E-state index in [4.69, 9.17) is 4.74 Å². The van der Waals surface area contributed by atoms with Gasteiger partial charge >= 0.3 is 11.9 Å². The van der Waals surface area contributed by atoms with Crippen LogP contribution in [0.2, 0.25) is 0 Å². The molecular weight excluding hydrogens is 524 g/mol. The number of benzene rings is 4. The normalized spacial score (nSPS) is 10.9. The molecule has 0 saturated carbocycles. The maximum absolute atomic E-state index is 13.0. The smallest absolute Gasteiger partial charge is 0.344 e. The molecular formula is C28H17BrN2O5. The van der Waals surface area contributed by atoms with Crippen LogP contribution in [0.4, 0.5) is 5.69 Å². The number of hydrogen-bond donors (Lipinski definition) is 2. The fourth-order valence-electron chi connectivity index (χ4n) is 3.56. The quantitative estimate of drug-likeness (QED) is 0.133. The number of carbonyl (C=O) groups is 3. The molecule has 4 rings (SSSR count). The zero-order chi connectivity index (χ0) is 25.7. The average Bonchev–Trinajstić information content (AvgIpc) is 2.88. The van der Waals surface area contributed by atoms with Crippen LogP contribution in [0.5, 0.6) is 5.75 Å². The van der Waals surface area contributed by atoms with Gasteiger partial charge in [-0.3, -0.25) is 4.79 Å². The van der Waals surface area contributed by atoms with Crippen LogP contribution in [-0.4, -0.2) is 23.0 Å². The molecule has 0 bridgehead atoms. The number of para-hydroxylation sites is 1. The van der Waals surface area contributed by atoms with Crippen molar-refractivity contribution in [3.8, 4) is 11.8 Å². The van der Waals surface area contributed by atoms with E-state index in [9.17, 15) is 24.8 Å². The van der Waals surface area contributed by atoms with Crippen molar-refractivity contribution < 1.29 is 24.2 Å². The Kier molecular flexibility index (Phi) is 7.23. The summed E-state index contributed by atoms with van der Waals surface area (Å²) in [5, 5.41) is 23.0. The number of nitrogens with one attached hydrogen (secondary N) is 1. The molecule has 0 aliphatic heterocycles. The first kappa shape index (κ1) is 24.4. The minimum atomic E-state index is -1.22. The summed E-state index contributed by atoms with van der Waals surface area (Å²) in [6.45, 7) is 0. The Bertz CT molecular complexity index is 1580. The van der Waals surface area contributed by atoms with Crippen molar-refractivity contribution in [2.45, 2.75) is 0 Å². The lowest BCUT2D eigenvalue weighted by Gasteiger charge is -2.11. The van der Waals surface area contributed by atoms with Crippen LogP contribution in [0.15, 0.2) is 95.0 Å². The van der Waals surface area contributed by atoms with Crippen molar-refractivity contribution in [2.24, 2.45) is 0 Å². The molecule has 0 spiro atoms.